The molecule has 2 aromatic rings. The molecule has 1 fully saturated rings. The van der Waals surface area contributed by atoms with Gasteiger partial charge >= 0.3 is 6.09 Å². The standard InChI is InChI=1S/C24H29ClFN3O6S/c1-4-34-24(31)27-36(32,33)22-11-19(25)7-10-21(22)35-15-23(30)29-13-16(2)28(12-17(29)3)14-18-5-8-20(26)9-6-18/h5-11,16-17H,4,12-15H2,1-3H3,(H,27,31)/t16-,17+/m0/s1. The van der Waals surface area contributed by atoms with Crippen LogP contribution in [0, 0.1) is 5.82 Å². The lowest BCUT2D eigenvalue weighted by Gasteiger charge is -2.44. The Labute approximate surface area is 215 Å². The number of benzene rings is 2. The van der Waals surface area contributed by atoms with Crippen molar-refractivity contribution in [3.8, 4) is 5.75 Å². The fourth-order valence-corrected chi connectivity index (χ4v) is 5.25. The van der Waals surface area contributed by atoms with Crippen LogP contribution in [-0.4, -0.2) is 68.6 Å². The molecule has 3 rings (SSSR count). The maximum absolute atomic E-state index is 13.2. The third-order valence-corrected chi connectivity index (χ3v) is 7.34. The summed E-state index contributed by atoms with van der Waals surface area (Å²) in [4.78, 5) is 28.2. The van der Waals surface area contributed by atoms with Crippen LogP contribution >= 0.6 is 11.6 Å². The van der Waals surface area contributed by atoms with Gasteiger partial charge in [-0.1, -0.05) is 23.7 Å². The van der Waals surface area contributed by atoms with E-state index in [2.05, 4.69) is 9.64 Å². The van der Waals surface area contributed by atoms with Gasteiger partial charge in [0.2, 0.25) is 0 Å². The molecule has 9 nitrogen and oxygen atoms in total. The molecule has 1 heterocycles. The van der Waals surface area contributed by atoms with Crippen molar-refractivity contribution in [2.45, 2.75) is 44.3 Å². The first-order chi connectivity index (χ1) is 17.0. The highest BCUT2D eigenvalue weighted by molar-refractivity contribution is 7.90. The molecule has 0 aromatic heterocycles. The molecule has 0 unspecified atom stereocenters. The number of nitrogens with one attached hydrogen (secondary N) is 1. The lowest BCUT2D eigenvalue weighted by atomic mass is 10.1. The first kappa shape index (κ1) is 27.7. The Kier molecular flexibility index (Phi) is 9.15. The highest BCUT2D eigenvalue weighted by Crippen LogP contribution is 2.28. The molecule has 1 aliphatic heterocycles. The molecule has 0 radical (unpaired) electrons. The highest BCUT2D eigenvalue weighted by Gasteiger charge is 2.32. The lowest BCUT2D eigenvalue weighted by molar-refractivity contribution is -0.139. The summed E-state index contributed by atoms with van der Waals surface area (Å²) in [6.07, 6.45) is -1.14. The topological polar surface area (TPSA) is 105 Å². The van der Waals surface area contributed by atoms with Gasteiger partial charge in [0.1, 0.15) is 16.5 Å². The largest absolute Gasteiger partial charge is 0.482 e. The van der Waals surface area contributed by atoms with E-state index in [0.29, 0.717) is 19.6 Å². The zero-order valence-corrected chi connectivity index (χ0v) is 21.8. The summed E-state index contributed by atoms with van der Waals surface area (Å²) in [5, 5.41) is 0.109. The van der Waals surface area contributed by atoms with E-state index < -0.39 is 22.7 Å². The number of rotatable bonds is 8. The number of nitrogens with zero attached hydrogens (tertiary/aromatic N) is 2. The minimum atomic E-state index is -4.36. The zero-order valence-electron chi connectivity index (χ0n) is 20.2. The van der Waals surface area contributed by atoms with E-state index in [1.165, 1.54) is 31.2 Å². The van der Waals surface area contributed by atoms with E-state index in [-0.39, 0.29) is 46.1 Å². The summed E-state index contributed by atoms with van der Waals surface area (Å²) in [5.74, 6) is -0.725. The third kappa shape index (κ3) is 7.08. The summed E-state index contributed by atoms with van der Waals surface area (Å²) in [6, 6.07) is 10.1. The normalized spacial score (nSPS) is 18.5. The number of hydrogen-bond donors (Lipinski definition) is 1. The van der Waals surface area contributed by atoms with Crippen LogP contribution in [0.3, 0.4) is 0 Å². The number of sulfonamides is 1. The molecule has 0 aliphatic carbocycles. The van der Waals surface area contributed by atoms with Gasteiger partial charge in [0.05, 0.1) is 6.61 Å². The highest BCUT2D eigenvalue weighted by atomic mass is 35.5. The predicted octanol–water partition coefficient (Wildman–Crippen LogP) is 3.41. The van der Waals surface area contributed by atoms with Gasteiger partial charge in [-0.15, -0.1) is 0 Å². The molecular weight excluding hydrogens is 513 g/mol. The van der Waals surface area contributed by atoms with Gasteiger partial charge in [-0.25, -0.2) is 22.3 Å². The number of piperazine rings is 1. The molecule has 0 bridgehead atoms. The second kappa shape index (κ2) is 11.9. The van der Waals surface area contributed by atoms with E-state index in [1.54, 1.807) is 21.8 Å². The number of ether oxygens (including phenoxy) is 2. The van der Waals surface area contributed by atoms with Crippen molar-refractivity contribution in [2.24, 2.45) is 0 Å². The van der Waals surface area contributed by atoms with Crippen molar-refractivity contribution in [2.75, 3.05) is 26.3 Å². The number of halogens is 2. The third-order valence-electron chi connectivity index (χ3n) is 5.77. The van der Waals surface area contributed by atoms with Crippen molar-refractivity contribution in [1.82, 2.24) is 14.5 Å². The number of carbonyl (C=O) groups is 2. The van der Waals surface area contributed by atoms with Crippen molar-refractivity contribution in [3.63, 3.8) is 0 Å². The van der Waals surface area contributed by atoms with E-state index in [1.807, 2.05) is 13.8 Å². The van der Waals surface area contributed by atoms with Crippen LogP contribution < -0.4 is 9.46 Å². The van der Waals surface area contributed by atoms with Gasteiger partial charge in [0, 0.05) is 36.7 Å². The van der Waals surface area contributed by atoms with Crippen LogP contribution in [0.25, 0.3) is 0 Å². The first-order valence-electron chi connectivity index (χ1n) is 11.4. The molecule has 2 atom stereocenters. The monoisotopic (exact) mass is 541 g/mol. The smallest absolute Gasteiger partial charge is 0.421 e. The summed E-state index contributed by atoms with van der Waals surface area (Å²) in [6.45, 7) is 6.72. The quantitative estimate of drug-likeness (QED) is 0.546. The van der Waals surface area contributed by atoms with E-state index >= 15 is 0 Å². The summed E-state index contributed by atoms with van der Waals surface area (Å²) < 4.78 is 50.5. The molecule has 12 heteroatoms. The molecule has 2 amide bonds. The second-order valence-corrected chi connectivity index (χ2v) is 10.6. The maximum atomic E-state index is 13.2. The fraction of sp³-hybridized carbons (Fsp3) is 0.417. The summed E-state index contributed by atoms with van der Waals surface area (Å²) in [5.41, 5.74) is 0.978. The van der Waals surface area contributed by atoms with Gasteiger partial charge in [0.25, 0.3) is 15.9 Å². The Morgan fingerprint density at radius 3 is 2.47 bits per heavy atom. The van der Waals surface area contributed by atoms with Gasteiger partial charge in [-0.3, -0.25) is 9.69 Å². The second-order valence-electron chi connectivity index (χ2n) is 8.51. The molecule has 1 N–H and O–H groups in total. The summed E-state index contributed by atoms with van der Waals surface area (Å²) >= 11 is 5.96. The maximum Gasteiger partial charge on any atom is 0.421 e. The number of carbonyl (C=O) groups excluding carboxylic acids is 2. The van der Waals surface area contributed by atoms with Crippen LogP contribution in [0.1, 0.15) is 26.3 Å². The van der Waals surface area contributed by atoms with Gasteiger partial charge in [-0.05, 0) is 56.7 Å². The van der Waals surface area contributed by atoms with Crippen LogP contribution in [-0.2, 0) is 26.1 Å². The van der Waals surface area contributed by atoms with Crippen LogP contribution in [0.5, 0.6) is 5.75 Å². The fourth-order valence-electron chi connectivity index (χ4n) is 3.95. The van der Waals surface area contributed by atoms with Crippen molar-refractivity contribution in [3.05, 3.63) is 58.9 Å². The molecule has 36 heavy (non-hydrogen) atoms. The zero-order chi connectivity index (χ0) is 26.5. The Morgan fingerprint density at radius 1 is 1.11 bits per heavy atom. The molecule has 0 spiro atoms. The summed E-state index contributed by atoms with van der Waals surface area (Å²) in [7, 11) is -4.36. The van der Waals surface area contributed by atoms with Crippen molar-refractivity contribution < 1.29 is 31.9 Å². The number of hydrogen-bond acceptors (Lipinski definition) is 7. The van der Waals surface area contributed by atoms with Crippen LogP contribution in [0.2, 0.25) is 5.02 Å². The van der Waals surface area contributed by atoms with E-state index in [4.69, 9.17) is 16.3 Å². The van der Waals surface area contributed by atoms with E-state index in [9.17, 15) is 22.4 Å². The molecule has 1 aliphatic rings. The number of amides is 2. The van der Waals surface area contributed by atoms with Crippen molar-refractivity contribution in [1.29, 1.82) is 0 Å². The Bertz CT molecular complexity index is 1190. The Morgan fingerprint density at radius 2 is 1.81 bits per heavy atom. The van der Waals surface area contributed by atoms with Crippen LogP contribution in [0.15, 0.2) is 47.4 Å². The van der Waals surface area contributed by atoms with Gasteiger partial charge < -0.3 is 14.4 Å². The van der Waals surface area contributed by atoms with Crippen molar-refractivity contribution >= 4 is 33.6 Å². The van der Waals surface area contributed by atoms with Crippen LogP contribution in [0.4, 0.5) is 9.18 Å². The lowest BCUT2D eigenvalue weighted by Crippen LogP contribution is -2.58. The minimum absolute atomic E-state index is 0.0114. The van der Waals surface area contributed by atoms with E-state index in [0.717, 1.165) is 11.6 Å². The predicted molar refractivity (Wildman–Crippen MR) is 132 cm³/mol. The average molecular weight is 542 g/mol. The molecule has 1 saturated heterocycles. The molecule has 196 valence electrons. The average Bonchev–Trinajstić information content (AvgIpc) is 2.81. The minimum Gasteiger partial charge on any atom is -0.482 e. The van der Waals surface area contributed by atoms with Gasteiger partial charge in [-0.2, -0.15) is 0 Å². The molecule has 0 saturated carbocycles. The Balaban J connectivity index is 1.65. The SMILES string of the molecule is CCOC(=O)NS(=O)(=O)c1cc(Cl)ccc1OCC(=O)N1C[C@H](C)N(Cc2ccc(F)cc2)C[C@H]1C. The van der Waals surface area contributed by atoms with Gasteiger partial charge in [0.15, 0.2) is 6.61 Å². The first-order valence-corrected chi connectivity index (χ1v) is 13.3. The molecular formula is C24H29ClFN3O6S. The Hall–Kier alpha value is -2.89. The molecule has 2 aromatic carbocycles.